The molecule has 0 bridgehead atoms. The molecule has 0 aromatic carbocycles. The minimum atomic E-state index is -1.58. The van der Waals surface area contributed by atoms with Gasteiger partial charge in [0, 0.05) is 6.54 Å². The smallest absolute Gasteiger partial charge is 0.195 e. The summed E-state index contributed by atoms with van der Waals surface area (Å²) in [6, 6.07) is -0.635. The van der Waals surface area contributed by atoms with E-state index in [2.05, 4.69) is 0 Å². The van der Waals surface area contributed by atoms with E-state index in [-0.39, 0.29) is 11.7 Å². The fourth-order valence-corrected chi connectivity index (χ4v) is 0.947. The summed E-state index contributed by atoms with van der Waals surface area (Å²) in [4.78, 5) is 0. The number of alkyl halides is 1. The van der Waals surface area contributed by atoms with Gasteiger partial charge in [-0.15, -0.1) is 9.60 Å². The highest BCUT2D eigenvalue weighted by Gasteiger charge is 2.28. The van der Waals surface area contributed by atoms with Gasteiger partial charge in [0.05, 0.1) is 6.04 Å². The molecule has 1 aliphatic heterocycles. The standard InChI is InChI=1S/C5H10F2N2/c6-5-4(8)2-1-3-9(5)7/h4-5H,1-3,8H2. The first-order valence-electron chi connectivity index (χ1n) is 3.04. The number of halogens is 2. The summed E-state index contributed by atoms with van der Waals surface area (Å²) in [5, 5.41) is 0.161. The third-order valence-electron chi connectivity index (χ3n) is 1.53. The van der Waals surface area contributed by atoms with Gasteiger partial charge in [0.2, 0.25) is 0 Å². The van der Waals surface area contributed by atoms with E-state index in [4.69, 9.17) is 5.73 Å². The van der Waals surface area contributed by atoms with E-state index in [1.807, 2.05) is 0 Å². The van der Waals surface area contributed by atoms with E-state index >= 15 is 0 Å². The number of hydrogen-bond acceptors (Lipinski definition) is 2. The monoisotopic (exact) mass is 136 g/mol. The second-order valence-corrected chi connectivity index (χ2v) is 2.30. The first-order valence-corrected chi connectivity index (χ1v) is 3.04. The highest BCUT2D eigenvalue weighted by molar-refractivity contribution is 4.74. The third-order valence-corrected chi connectivity index (χ3v) is 1.53. The Bertz CT molecular complexity index is 89.0. The second-order valence-electron chi connectivity index (χ2n) is 2.30. The SMILES string of the molecule is NC1CCCN(F)C1F. The van der Waals surface area contributed by atoms with Crippen LogP contribution < -0.4 is 5.73 Å². The lowest BCUT2D eigenvalue weighted by atomic mass is 10.1. The van der Waals surface area contributed by atoms with Gasteiger partial charge in [-0.2, -0.15) is 0 Å². The van der Waals surface area contributed by atoms with Crippen molar-refractivity contribution in [3.05, 3.63) is 0 Å². The van der Waals surface area contributed by atoms with Crippen LogP contribution in [0.1, 0.15) is 12.8 Å². The van der Waals surface area contributed by atoms with Crippen molar-refractivity contribution in [3.63, 3.8) is 0 Å². The minimum Gasteiger partial charge on any atom is -0.324 e. The van der Waals surface area contributed by atoms with Crippen molar-refractivity contribution in [1.29, 1.82) is 0 Å². The molecule has 0 aliphatic carbocycles. The fourth-order valence-electron chi connectivity index (χ4n) is 0.947. The lowest BCUT2D eigenvalue weighted by Crippen LogP contribution is -2.45. The Morgan fingerprint density at radius 3 is 2.67 bits per heavy atom. The highest BCUT2D eigenvalue weighted by atomic mass is 19.2. The largest absolute Gasteiger partial charge is 0.324 e. The van der Waals surface area contributed by atoms with Crippen molar-refractivity contribution in [2.75, 3.05) is 6.54 Å². The van der Waals surface area contributed by atoms with Crippen LogP contribution in [0.4, 0.5) is 8.87 Å². The van der Waals surface area contributed by atoms with Gasteiger partial charge in [-0.3, -0.25) is 0 Å². The van der Waals surface area contributed by atoms with Gasteiger partial charge < -0.3 is 5.73 Å². The molecule has 1 heterocycles. The number of rotatable bonds is 0. The molecular formula is C5H10F2N2. The van der Waals surface area contributed by atoms with E-state index < -0.39 is 12.3 Å². The Labute approximate surface area is 52.6 Å². The Morgan fingerprint density at radius 1 is 1.56 bits per heavy atom. The van der Waals surface area contributed by atoms with Crippen LogP contribution in [0.15, 0.2) is 0 Å². The topological polar surface area (TPSA) is 29.3 Å². The molecule has 9 heavy (non-hydrogen) atoms. The van der Waals surface area contributed by atoms with E-state index in [1.165, 1.54) is 0 Å². The van der Waals surface area contributed by atoms with Gasteiger partial charge in [-0.05, 0) is 12.8 Å². The van der Waals surface area contributed by atoms with Crippen molar-refractivity contribution in [3.8, 4) is 0 Å². The van der Waals surface area contributed by atoms with Gasteiger partial charge in [0.15, 0.2) is 6.30 Å². The molecule has 1 aliphatic rings. The molecule has 54 valence electrons. The number of nitrogens with zero attached hydrogens (tertiary/aromatic N) is 1. The number of piperidine rings is 1. The molecule has 1 rings (SSSR count). The van der Waals surface area contributed by atoms with Crippen LogP contribution in [0.2, 0.25) is 0 Å². The first kappa shape index (κ1) is 6.89. The van der Waals surface area contributed by atoms with Gasteiger partial charge in [0.1, 0.15) is 0 Å². The zero-order valence-electron chi connectivity index (χ0n) is 5.06. The summed E-state index contributed by atoms with van der Waals surface area (Å²) in [7, 11) is 0. The Morgan fingerprint density at radius 2 is 2.22 bits per heavy atom. The van der Waals surface area contributed by atoms with Crippen molar-refractivity contribution in [2.24, 2.45) is 5.73 Å². The second kappa shape index (κ2) is 2.58. The molecule has 0 amide bonds. The van der Waals surface area contributed by atoms with Crippen molar-refractivity contribution >= 4 is 0 Å². The Balaban J connectivity index is 2.41. The summed E-state index contributed by atoms with van der Waals surface area (Å²) >= 11 is 0. The highest BCUT2D eigenvalue weighted by Crippen LogP contribution is 2.16. The lowest BCUT2D eigenvalue weighted by molar-refractivity contribution is -0.109. The molecule has 0 aromatic rings. The van der Waals surface area contributed by atoms with Crippen LogP contribution in [0.5, 0.6) is 0 Å². The minimum absolute atomic E-state index is 0.161. The van der Waals surface area contributed by atoms with E-state index in [1.54, 1.807) is 0 Å². The number of hydrogen-bond donors (Lipinski definition) is 1. The predicted octanol–water partition coefficient (Wildman–Crippen LogP) is 0.590. The van der Waals surface area contributed by atoms with Crippen LogP contribution in [0, 0.1) is 0 Å². The van der Waals surface area contributed by atoms with E-state index in [0.29, 0.717) is 12.8 Å². The average Bonchev–Trinajstić information content (AvgIpc) is 1.83. The van der Waals surface area contributed by atoms with Crippen LogP contribution in [-0.2, 0) is 0 Å². The quantitative estimate of drug-likeness (QED) is 0.390. The van der Waals surface area contributed by atoms with Crippen LogP contribution in [-0.4, -0.2) is 24.0 Å². The Kier molecular flexibility index (Phi) is 1.97. The molecule has 2 N–H and O–H groups in total. The molecule has 1 fully saturated rings. The fraction of sp³-hybridized carbons (Fsp3) is 1.00. The third kappa shape index (κ3) is 1.37. The molecule has 1 saturated heterocycles. The Hall–Kier alpha value is -0.220. The zero-order chi connectivity index (χ0) is 6.85. The first-order chi connectivity index (χ1) is 4.22. The summed E-state index contributed by atoms with van der Waals surface area (Å²) in [5.74, 6) is 0. The van der Waals surface area contributed by atoms with Crippen molar-refractivity contribution in [2.45, 2.75) is 25.2 Å². The predicted molar refractivity (Wildman–Crippen MR) is 29.9 cm³/mol. The average molecular weight is 136 g/mol. The summed E-state index contributed by atoms with van der Waals surface area (Å²) in [5.41, 5.74) is 5.21. The molecule has 0 aromatic heterocycles. The van der Waals surface area contributed by atoms with Crippen LogP contribution in [0.3, 0.4) is 0 Å². The summed E-state index contributed by atoms with van der Waals surface area (Å²) < 4.78 is 24.6. The normalized spacial score (nSPS) is 39.0. The zero-order valence-corrected chi connectivity index (χ0v) is 5.06. The maximum atomic E-state index is 12.4. The van der Waals surface area contributed by atoms with Crippen LogP contribution in [0.25, 0.3) is 0 Å². The van der Waals surface area contributed by atoms with Crippen LogP contribution >= 0.6 is 0 Å². The maximum Gasteiger partial charge on any atom is 0.195 e. The number of nitrogens with two attached hydrogens (primary N) is 1. The van der Waals surface area contributed by atoms with Gasteiger partial charge in [-0.25, -0.2) is 4.39 Å². The van der Waals surface area contributed by atoms with E-state index in [0.717, 1.165) is 0 Å². The van der Waals surface area contributed by atoms with Crippen molar-refractivity contribution < 1.29 is 8.87 Å². The van der Waals surface area contributed by atoms with Gasteiger partial charge in [0.25, 0.3) is 0 Å². The molecule has 0 radical (unpaired) electrons. The molecule has 4 heteroatoms. The molecule has 2 atom stereocenters. The van der Waals surface area contributed by atoms with Gasteiger partial charge >= 0.3 is 0 Å². The molecule has 2 unspecified atom stereocenters. The lowest BCUT2D eigenvalue weighted by Gasteiger charge is -2.27. The summed E-state index contributed by atoms with van der Waals surface area (Å²) in [6.07, 6.45) is -0.349. The molecular weight excluding hydrogens is 126 g/mol. The molecule has 2 nitrogen and oxygen atoms in total. The van der Waals surface area contributed by atoms with Crippen molar-refractivity contribution in [1.82, 2.24) is 5.12 Å². The molecule has 0 saturated carbocycles. The van der Waals surface area contributed by atoms with E-state index in [9.17, 15) is 8.87 Å². The maximum absolute atomic E-state index is 12.4. The molecule has 0 spiro atoms. The van der Waals surface area contributed by atoms with Gasteiger partial charge in [-0.1, -0.05) is 0 Å². The summed E-state index contributed by atoms with van der Waals surface area (Å²) in [6.45, 7) is 0.175.